The number of phenolic OH excluding ortho intramolecular Hbond substituents is 2. The molecule has 0 saturated carbocycles. The van der Waals surface area contributed by atoms with Crippen molar-refractivity contribution in [2.45, 2.75) is 0 Å². The molecular formula is C23H16O5. The maximum atomic E-state index is 12.9. The van der Waals surface area contributed by atoms with Gasteiger partial charge in [-0.05, 0) is 46.5 Å². The smallest absolute Gasteiger partial charge is 0.338 e. The zero-order chi connectivity index (χ0) is 19.8. The highest BCUT2D eigenvalue weighted by Gasteiger charge is 2.31. The van der Waals surface area contributed by atoms with Crippen LogP contribution in [0.3, 0.4) is 0 Å². The highest BCUT2D eigenvalue weighted by Crippen LogP contribution is 2.43. The van der Waals surface area contributed by atoms with Crippen LogP contribution in [0.4, 0.5) is 0 Å². The quantitative estimate of drug-likeness (QED) is 0.519. The molecule has 0 spiro atoms. The molecule has 0 fully saturated rings. The molecule has 0 atom stereocenters. The summed E-state index contributed by atoms with van der Waals surface area (Å²) in [4.78, 5) is 25.1. The number of esters is 1. The molecule has 0 bridgehead atoms. The molecule has 0 aromatic heterocycles. The predicted molar refractivity (Wildman–Crippen MR) is 104 cm³/mol. The van der Waals surface area contributed by atoms with E-state index in [0.717, 1.165) is 0 Å². The number of phenols is 2. The summed E-state index contributed by atoms with van der Waals surface area (Å²) >= 11 is 0. The minimum absolute atomic E-state index is 0.123. The number of methoxy groups -OCH3 is 1. The van der Waals surface area contributed by atoms with Crippen molar-refractivity contribution >= 4 is 23.4 Å². The van der Waals surface area contributed by atoms with E-state index in [2.05, 4.69) is 0 Å². The van der Waals surface area contributed by atoms with Crippen LogP contribution in [0.2, 0.25) is 0 Å². The molecule has 3 aromatic carbocycles. The lowest BCUT2D eigenvalue weighted by atomic mass is 9.79. The average molecular weight is 372 g/mol. The number of ether oxygens (including phenoxy) is 1. The first-order valence-electron chi connectivity index (χ1n) is 8.61. The standard InChI is InChI=1S/C23H16O5/c1-28-23(27)14-7-3-2-6-13(14)12-17-15-8-4-10-18(24)20(15)22(26)21-16(17)9-5-11-19(21)25/h2-12,24-25H,1H3. The van der Waals surface area contributed by atoms with Gasteiger partial charge in [0.05, 0.1) is 23.8 Å². The molecule has 1 aliphatic rings. The normalized spacial score (nSPS) is 12.2. The minimum Gasteiger partial charge on any atom is -0.507 e. The third-order valence-electron chi connectivity index (χ3n) is 4.79. The topological polar surface area (TPSA) is 83.8 Å². The Labute approximate surface area is 161 Å². The fourth-order valence-corrected chi connectivity index (χ4v) is 3.51. The average Bonchev–Trinajstić information content (AvgIpc) is 2.70. The van der Waals surface area contributed by atoms with E-state index < -0.39 is 11.8 Å². The second-order valence-electron chi connectivity index (χ2n) is 6.37. The van der Waals surface area contributed by atoms with E-state index in [4.69, 9.17) is 4.74 Å². The Kier molecular flexibility index (Phi) is 4.20. The number of hydrogen-bond donors (Lipinski definition) is 2. The van der Waals surface area contributed by atoms with Gasteiger partial charge in [-0.15, -0.1) is 0 Å². The lowest BCUT2D eigenvalue weighted by Crippen LogP contribution is -2.15. The largest absolute Gasteiger partial charge is 0.507 e. The number of carbonyl (C=O) groups excluding carboxylic acids is 2. The molecule has 0 aliphatic heterocycles. The van der Waals surface area contributed by atoms with E-state index in [1.165, 1.54) is 19.2 Å². The molecule has 3 aromatic rings. The van der Waals surface area contributed by atoms with Crippen molar-refractivity contribution in [1.29, 1.82) is 0 Å². The van der Waals surface area contributed by atoms with Crippen molar-refractivity contribution in [3.63, 3.8) is 0 Å². The number of aromatic hydroxyl groups is 2. The van der Waals surface area contributed by atoms with Crippen molar-refractivity contribution < 1.29 is 24.5 Å². The Morgan fingerprint density at radius 1 is 0.857 bits per heavy atom. The van der Waals surface area contributed by atoms with Gasteiger partial charge in [-0.2, -0.15) is 0 Å². The zero-order valence-electron chi connectivity index (χ0n) is 15.0. The summed E-state index contributed by atoms with van der Waals surface area (Å²) in [5, 5.41) is 20.6. The van der Waals surface area contributed by atoms with Gasteiger partial charge in [0.25, 0.3) is 0 Å². The number of ketones is 1. The molecule has 28 heavy (non-hydrogen) atoms. The van der Waals surface area contributed by atoms with Crippen molar-refractivity contribution in [2.24, 2.45) is 0 Å². The first kappa shape index (κ1) is 17.5. The third kappa shape index (κ3) is 2.65. The molecule has 1 aliphatic carbocycles. The third-order valence-corrected chi connectivity index (χ3v) is 4.79. The number of benzene rings is 3. The van der Waals surface area contributed by atoms with Crippen LogP contribution in [0.5, 0.6) is 11.5 Å². The first-order chi connectivity index (χ1) is 13.5. The van der Waals surface area contributed by atoms with Gasteiger partial charge >= 0.3 is 5.97 Å². The minimum atomic E-state index is -0.480. The van der Waals surface area contributed by atoms with E-state index in [0.29, 0.717) is 27.8 Å². The fourth-order valence-electron chi connectivity index (χ4n) is 3.51. The van der Waals surface area contributed by atoms with Crippen molar-refractivity contribution in [2.75, 3.05) is 7.11 Å². The van der Waals surface area contributed by atoms with E-state index in [-0.39, 0.29) is 22.6 Å². The number of fused-ring (bicyclic) bond motifs is 2. The van der Waals surface area contributed by atoms with Gasteiger partial charge in [-0.1, -0.05) is 42.5 Å². The Bertz CT molecular complexity index is 1100. The summed E-state index contributed by atoms with van der Waals surface area (Å²) in [6, 6.07) is 16.6. The number of rotatable bonds is 2. The van der Waals surface area contributed by atoms with E-state index in [1.54, 1.807) is 54.6 Å². The summed E-state index contributed by atoms with van der Waals surface area (Å²) in [5.74, 6) is -1.25. The molecule has 5 nitrogen and oxygen atoms in total. The van der Waals surface area contributed by atoms with Gasteiger partial charge in [0.2, 0.25) is 5.78 Å². The molecular weight excluding hydrogens is 356 g/mol. The molecule has 0 amide bonds. The highest BCUT2D eigenvalue weighted by molar-refractivity contribution is 6.23. The second kappa shape index (κ2) is 6.70. The Morgan fingerprint density at radius 3 is 2.00 bits per heavy atom. The van der Waals surface area contributed by atoms with Crippen LogP contribution in [-0.2, 0) is 4.74 Å². The van der Waals surface area contributed by atoms with Crippen LogP contribution in [-0.4, -0.2) is 29.1 Å². The Balaban J connectivity index is 2.05. The molecule has 0 unspecified atom stereocenters. The molecule has 0 heterocycles. The van der Waals surface area contributed by atoms with Gasteiger partial charge in [0.15, 0.2) is 0 Å². The molecule has 0 saturated heterocycles. The summed E-state index contributed by atoms with van der Waals surface area (Å²) in [6.45, 7) is 0. The summed E-state index contributed by atoms with van der Waals surface area (Å²) in [6.07, 6.45) is 1.76. The van der Waals surface area contributed by atoms with Crippen molar-refractivity contribution in [3.8, 4) is 11.5 Å². The van der Waals surface area contributed by atoms with E-state index >= 15 is 0 Å². The Hall–Kier alpha value is -3.86. The van der Waals surface area contributed by atoms with Gasteiger partial charge in [0, 0.05) is 0 Å². The fraction of sp³-hybridized carbons (Fsp3) is 0.0435. The van der Waals surface area contributed by atoms with E-state index in [9.17, 15) is 19.8 Å². The number of carbonyl (C=O) groups is 2. The van der Waals surface area contributed by atoms with Crippen LogP contribution in [0.15, 0.2) is 60.7 Å². The maximum Gasteiger partial charge on any atom is 0.338 e. The van der Waals surface area contributed by atoms with Crippen LogP contribution >= 0.6 is 0 Å². The Morgan fingerprint density at radius 2 is 1.43 bits per heavy atom. The van der Waals surface area contributed by atoms with Gasteiger partial charge in [-0.3, -0.25) is 4.79 Å². The van der Waals surface area contributed by atoms with Crippen molar-refractivity contribution in [3.05, 3.63) is 94.0 Å². The van der Waals surface area contributed by atoms with Crippen LogP contribution in [0.1, 0.15) is 43.0 Å². The monoisotopic (exact) mass is 372 g/mol. The van der Waals surface area contributed by atoms with Crippen LogP contribution in [0, 0.1) is 0 Å². The molecule has 138 valence electrons. The molecule has 4 rings (SSSR count). The van der Waals surface area contributed by atoms with Gasteiger partial charge in [0.1, 0.15) is 11.5 Å². The molecule has 5 heteroatoms. The molecule has 2 N–H and O–H groups in total. The van der Waals surface area contributed by atoms with E-state index in [1.807, 2.05) is 0 Å². The number of hydrogen-bond acceptors (Lipinski definition) is 5. The highest BCUT2D eigenvalue weighted by atomic mass is 16.5. The summed E-state index contributed by atoms with van der Waals surface area (Å²) in [7, 11) is 1.31. The lowest BCUT2D eigenvalue weighted by molar-refractivity contribution is 0.0600. The van der Waals surface area contributed by atoms with Gasteiger partial charge in [-0.25, -0.2) is 4.79 Å². The predicted octanol–water partition coefficient (Wildman–Crippen LogP) is 4.02. The van der Waals surface area contributed by atoms with Crippen LogP contribution < -0.4 is 0 Å². The SMILES string of the molecule is COC(=O)c1ccccc1C=C1c2cccc(O)c2C(=O)c2c(O)cccc21. The zero-order valence-corrected chi connectivity index (χ0v) is 15.0. The van der Waals surface area contributed by atoms with Crippen molar-refractivity contribution in [1.82, 2.24) is 0 Å². The summed E-state index contributed by atoms with van der Waals surface area (Å²) < 4.78 is 4.86. The summed E-state index contributed by atoms with van der Waals surface area (Å²) in [5.41, 5.74) is 2.90. The lowest BCUT2D eigenvalue weighted by Gasteiger charge is -2.23. The van der Waals surface area contributed by atoms with Gasteiger partial charge < -0.3 is 14.9 Å². The first-order valence-corrected chi connectivity index (χ1v) is 8.61. The maximum absolute atomic E-state index is 12.9. The molecule has 0 radical (unpaired) electrons. The second-order valence-corrected chi connectivity index (χ2v) is 6.37. The van der Waals surface area contributed by atoms with Crippen LogP contribution in [0.25, 0.3) is 11.6 Å².